The molecule has 2 aromatic carbocycles. The average molecular weight is 491 g/mol. The van der Waals surface area contributed by atoms with Gasteiger partial charge in [-0.05, 0) is 30.3 Å². The van der Waals surface area contributed by atoms with Gasteiger partial charge in [-0.1, -0.05) is 11.8 Å². The van der Waals surface area contributed by atoms with Gasteiger partial charge in [-0.25, -0.2) is 15.0 Å². The van der Waals surface area contributed by atoms with Crippen molar-refractivity contribution in [2.24, 2.45) is 0 Å². The van der Waals surface area contributed by atoms with E-state index in [-0.39, 0.29) is 23.9 Å². The third-order valence-corrected chi connectivity index (χ3v) is 6.72. The zero-order chi connectivity index (χ0) is 23.7. The lowest BCUT2D eigenvalue weighted by atomic mass is 10.1. The topological polar surface area (TPSA) is 150 Å². The summed E-state index contributed by atoms with van der Waals surface area (Å²) in [6.45, 7) is 0.145. The first-order chi connectivity index (χ1) is 16.5. The van der Waals surface area contributed by atoms with Gasteiger partial charge in [0.1, 0.15) is 22.5 Å². The molecule has 5 rings (SSSR count). The number of benzene rings is 2. The van der Waals surface area contributed by atoms with E-state index in [9.17, 15) is 15.4 Å². The molecule has 1 aliphatic heterocycles. The van der Waals surface area contributed by atoms with E-state index in [1.807, 2.05) is 5.38 Å². The van der Waals surface area contributed by atoms with Crippen molar-refractivity contribution in [3.63, 3.8) is 0 Å². The molecular weight excluding hydrogens is 476 g/mol. The molecule has 10 nitrogen and oxygen atoms in total. The first-order valence-electron chi connectivity index (χ1n) is 9.81. The van der Waals surface area contributed by atoms with Crippen LogP contribution in [0.1, 0.15) is 11.3 Å². The number of hydrogen-bond donors (Lipinski definition) is 1. The molecule has 2 N–H and O–H groups in total. The number of nitro benzene ring substituents is 1. The average Bonchev–Trinajstić information content (AvgIpc) is 3.51. The number of nitrogens with two attached hydrogens (primary N) is 1. The van der Waals surface area contributed by atoms with E-state index in [0.29, 0.717) is 33.7 Å². The maximum Gasteiger partial charge on any atom is 0.269 e. The van der Waals surface area contributed by atoms with Crippen LogP contribution in [0.25, 0.3) is 21.8 Å². The van der Waals surface area contributed by atoms with Crippen LogP contribution < -0.4 is 15.2 Å². The Bertz CT molecular complexity index is 1450. The Kier molecular flexibility index (Phi) is 5.70. The Labute approximate surface area is 201 Å². The second-order valence-corrected chi connectivity index (χ2v) is 8.83. The fraction of sp³-hybridized carbons (Fsp3) is 0.0909. The van der Waals surface area contributed by atoms with E-state index in [2.05, 4.69) is 21.0 Å². The van der Waals surface area contributed by atoms with Crippen LogP contribution in [-0.2, 0) is 5.75 Å². The van der Waals surface area contributed by atoms with Gasteiger partial charge in [-0.15, -0.1) is 11.3 Å². The first kappa shape index (κ1) is 21.6. The van der Waals surface area contributed by atoms with Crippen molar-refractivity contribution < 1.29 is 14.4 Å². The molecule has 0 saturated carbocycles. The maximum atomic E-state index is 10.8. The number of hydrogen-bond acceptors (Lipinski definition) is 11. The van der Waals surface area contributed by atoms with Gasteiger partial charge in [-0.2, -0.15) is 5.26 Å². The number of fused-ring (bicyclic) bond motifs is 1. The van der Waals surface area contributed by atoms with E-state index >= 15 is 0 Å². The van der Waals surface area contributed by atoms with Gasteiger partial charge >= 0.3 is 0 Å². The van der Waals surface area contributed by atoms with Crippen molar-refractivity contribution in [2.75, 3.05) is 12.5 Å². The smallest absolute Gasteiger partial charge is 0.269 e. The zero-order valence-electron chi connectivity index (χ0n) is 17.3. The highest BCUT2D eigenvalue weighted by molar-refractivity contribution is 7.98. The number of aromatic nitrogens is 3. The molecule has 0 unspecified atom stereocenters. The van der Waals surface area contributed by atoms with Crippen LogP contribution in [-0.4, -0.2) is 26.7 Å². The molecule has 4 aromatic rings. The van der Waals surface area contributed by atoms with Crippen LogP contribution in [0.15, 0.2) is 53.0 Å². The molecule has 0 amide bonds. The van der Waals surface area contributed by atoms with Crippen LogP contribution in [0, 0.1) is 21.4 Å². The van der Waals surface area contributed by atoms with Crippen LogP contribution in [0.3, 0.4) is 0 Å². The Morgan fingerprint density at radius 2 is 1.88 bits per heavy atom. The summed E-state index contributed by atoms with van der Waals surface area (Å²) in [5.41, 5.74) is 8.98. The maximum absolute atomic E-state index is 10.8. The minimum Gasteiger partial charge on any atom is -0.454 e. The number of non-ortho nitro benzene ring substituents is 1. The quantitative estimate of drug-likeness (QED) is 0.175. The summed E-state index contributed by atoms with van der Waals surface area (Å²) in [6, 6.07) is 13.7. The van der Waals surface area contributed by atoms with Gasteiger partial charge in [0.15, 0.2) is 16.7 Å². The minimum atomic E-state index is -0.436. The summed E-state index contributed by atoms with van der Waals surface area (Å²) in [5.74, 6) is 1.79. The van der Waals surface area contributed by atoms with Crippen LogP contribution >= 0.6 is 23.1 Å². The molecule has 0 fully saturated rings. The molecule has 12 heteroatoms. The Hall–Kier alpha value is -4.21. The van der Waals surface area contributed by atoms with Crippen molar-refractivity contribution in [2.45, 2.75) is 10.9 Å². The van der Waals surface area contributed by atoms with E-state index in [4.69, 9.17) is 15.2 Å². The number of nitrogens with zero attached hydrogens (tertiary/aromatic N) is 5. The molecular formula is C22H14N6O4S2. The van der Waals surface area contributed by atoms with Crippen LogP contribution in [0.5, 0.6) is 11.5 Å². The molecule has 168 valence electrons. The molecule has 3 heterocycles. The predicted molar refractivity (Wildman–Crippen MR) is 126 cm³/mol. The van der Waals surface area contributed by atoms with Crippen LogP contribution in [0.2, 0.25) is 0 Å². The lowest BCUT2D eigenvalue weighted by molar-refractivity contribution is -0.384. The standard InChI is InChI=1S/C22H14N6O4S2/c23-8-16-19(13-3-6-17-18(7-13)32-11-31-17)26-22(27-20(16)24)34-10-14-9-33-21(25-14)12-1-4-15(5-2-12)28(29)30/h1-7,9H,10-11H2,(H2,24,26,27). The number of nitriles is 1. The van der Waals surface area contributed by atoms with E-state index in [0.717, 1.165) is 16.3 Å². The van der Waals surface area contributed by atoms with Gasteiger partial charge in [0.05, 0.1) is 16.3 Å². The van der Waals surface area contributed by atoms with Crippen molar-refractivity contribution in [1.82, 2.24) is 15.0 Å². The number of thioether (sulfide) groups is 1. The number of nitro groups is 1. The molecule has 2 aromatic heterocycles. The summed E-state index contributed by atoms with van der Waals surface area (Å²) in [6.07, 6.45) is 0. The number of ether oxygens (including phenoxy) is 2. The first-order valence-corrected chi connectivity index (χ1v) is 11.7. The summed E-state index contributed by atoms with van der Waals surface area (Å²) >= 11 is 2.79. The van der Waals surface area contributed by atoms with Crippen molar-refractivity contribution in [3.8, 4) is 39.4 Å². The van der Waals surface area contributed by atoms with Crippen molar-refractivity contribution >= 4 is 34.6 Å². The largest absolute Gasteiger partial charge is 0.454 e. The molecule has 0 aliphatic carbocycles. The van der Waals surface area contributed by atoms with Gasteiger partial charge in [-0.3, -0.25) is 10.1 Å². The highest BCUT2D eigenvalue weighted by atomic mass is 32.2. The highest BCUT2D eigenvalue weighted by Gasteiger charge is 2.19. The summed E-state index contributed by atoms with van der Waals surface area (Å²) in [7, 11) is 0. The molecule has 0 saturated heterocycles. The van der Waals surface area contributed by atoms with Crippen molar-refractivity contribution in [1.29, 1.82) is 5.26 Å². The number of anilines is 1. The fourth-order valence-electron chi connectivity index (χ4n) is 3.25. The van der Waals surface area contributed by atoms with E-state index in [1.54, 1.807) is 30.3 Å². The van der Waals surface area contributed by atoms with Crippen molar-refractivity contribution in [3.05, 3.63) is 69.2 Å². The van der Waals surface area contributed by atoms with Gasteiger partial charge in [0.25, 0.3) is 5.69 Å². The second-order valence-electron chi connectivity index (χ2n) is 7.03. The SMILES string of the molecule is N#Cc1c(N)nc(SCc2csc(-c3ccc([N+](=O)[O-])cc3)n2)nc1-c1ccc2c(c1)OCO2. The van der Waals surface area contributed by atoms with Gasteiger partial charge in [0.2, 0.25) is 6.79 Å². The molecule has 0 atom stereocenters. The number of thiazole rings is 1. The number of rotatable bonds is 6. The predicted octanol–water partition coefficient (Wildman–Crippen LogP) is 4.65. The summed E-state index contributed by atoms with van der Waals surface area (Å²) in [4.78, 5) is 23.9. The lowest BCUT2D eigenvalue weighted by Crippen LogP contribution is -2.02. The Morgan fingerprint density at radius 3 is 2.65 bits per heavy atom. The van der Waals surface area contributed by atoms with Crippen LogP contribution in [0.4, 0.5) is 11.5 Å². The third kappa shape index (κ3) is 4.21. The third-order valence-electron chi connectivity index (χ3n) is 4.90. The summed E-state index contributed by atoms with van der Waals surface area (Å²) in [5, 5.41) is 23.5. The van der Waals surface area contributed by atoms with E-state index < -0.39 is 4.92 Å². The highest BCUT2D eigenvalue weighted by Crippen LogP contribution is 2.37. The minimum absolute atomic E-state index is 0.0323. The Morgan fingerprint density at radius 1 is 1.12 bits per heavy atom. The van der Waals surface area contributed by atoms with Gasteiger partial charge < -0.3 is 15.2 Å². The molecule has 0 spiro atoms. The molecule has 0 bridgehead atoms. The summed E-state index contributed by atoms with van der Waals surface area (Å²) < 4.78 is 10.8. The zero-order valence-corrected chi connectivity index (χ0v) is 18.9. The fourth-order valence-corrected chi connectivity index (χ4v) is 4.93. The molecule has 1 aliphatic rings. The normalized spacial score (nSPS) is 11.9. The Balaban J connectivity index is 1.36. The lowest BCUT2D eigenvalue weighted by Gasteiger charge is -2.09. The van der Waals surface area contributed by atoms with Gasteiger partial charge in [0, 0.05) is 34.4 Å². The molecule has 0 radical (unpaired) electrons. The number of nitrogen functional groups attached to an aromatic ring is 1. The van der Waals surface area contributed by atoms with E-state index in [1.165, 1.54) is 35.2 Å². The second kappa shape index (κ2) is 8.97. The molecule has 34 heavy (non-hydrogen) atoms. The monoisotopic (exact) mass is 490 g/mol.